The lowest BCUT2D eigenvalue weighted by Crippen LogP contribution is -2.28. The topological polar surface area (TPSA) is 75.4 Å². The number of nitrogens with one attached hydrogen (secondary N) is 1. The predicted octanol–water partition coefficient (Wildman–Crippen LogP) is 3.86. The van der Waals surface area contributed by atoms with E-state index in [1.54, 1.807) is 22.7 Å². The van der Waals surface area contributed by atoms with Gasteiger partial charge in [-0.1, -0.05) is 5.16 Å². The van der Waals surface area contributed by atoms with Gasteiger partial charge in [0.1, 0.15) is 11.9 Å². The fraction of sp³-hybridized carbons (Fsp3) is 0.333. The summed E-state index contributed by atoms with van der Waals surface area (Å²) in [6, 6.07) is 5.98. The molecule has 0 spiro atoms. The van der Waals surface area contributed by atoms with Gasteiger partial charge in [0, 0.05) is 33.8 Å². The third kappa shape index (κ3) is 4.36. The van der Waals surface area contributed by atoms with Crippen molar-refractivity contribution in [2.24, 2.45) is 0 Å². The van der Waals surface area contributed by atoms with Crippen molar-refractivity contribution in [3.05, 3.63) is 50.9 Å². The molecule has 1 amide bonds. The molecule has 5 nitrogen and oxygen atoms in total. The number of carbonyl (C=O) groups excluding carboxylic acids is 1. The summed E-state index contributed by atoms with van der Waals surface area (Å²) in [6.45, 7) is 3.93. The number of nitrogens with zero attached hydrogens (tertiary/aromatic N) is 1. The Kier molecular flexibility index (Phi) is 5.67. The van der Waals surface area contributed by atoms with Gasteiger partial charge < -0.3 is 14.9 Å². The number of aromatic nitrogens is 1. The Bertz CT molecular complexity index is 817. The van der Waals surface area contributed by atoms with E-state index in [2.05, 4.69) is 21.9 Å². The van der Waals surface area contributed by atoms with Gasteiger partial charge >= 0.3 is 0 Å². The van der Waals surface area contributed by atoms with Crippen molar-refractivity contribution < 1.29 is 14.4 Å². The quantitative estimate of drug-likeness (QED) is 0.656. The largest absolute Gasteiger partial charge is 0.386 e. The fourth-order valence-corrected chi connectivity index (χ4v) is 4.31. The van der Waals surface area contributed by atoms with E-state index in [1.165, 1.54) is 0 Å². The molecular formula is C18H20N2O3S2. The number of aliphatic hydroxyl groups is 1. The van der Waals surface area contributed by atoms with Gasteiger partial charge in [-0.2, -0.15) is 11.3 Å². The Balaban J connectivity index is 1.48. The summed E-state index contributed by atoms with van der Waals surface area (Å²) < 4.78 is 5.10. The van der Waals surface area contributed by atoms with Gasteiger partial charge in [-0.3, -0.25) is 4.79 Å². The number of amides is 1. The zero-order chi connectivity index (χ0) is 17.8. The first-order valence-corrected chi connectivity index (χ1v) is 9.79. The lowest BCUT2D eigenvalue weighted by atomic mass is 10.1. The smallest absolute Gasteiger partial charge is 0.220 e. The van der Waals surface area contributed by atoms with Crippen LogP contribution in [-0.2, 0) is 11.2 Å². The van der Waals surface area contributed by atoms with E-state index >= 15 is 0 Å². The zero-order valence-electron chi connectivity index (χ0n) is 14.1. The van der Waals surface area contributed by atoms with Crippen LogP contribution in [0.25, 0.3) is 10.4 Å². The average Bonchev–Trinajstić information content (AvgIpc) is 3.32. The van der Waals surface area contributed by atoms with Gasteiger partial charge in [0.15, 0.2) is 0 Å². The monoisotopic (exact) mass is 376 g/mol. The molecule has 3 aromatic heterocycles. The molecule has 0 aliphatic carbocycles. The van der Waals surface area contributed by atoms with Crippen LogP contribution in [0.3, 0.4) is 0 Å². The molecule has 2 N–H and O–H groups in total. The standard InChI is InChI=1S/C18H20N2O3S2/c1-11-14(12(2)23-20-11)3-6-18(22)19-9-15(21)17-5-4-16(25-17)13-7-8-24-10-13/h4-5,7-8,10,15,21H,3,6,9H2,1-2H3,(H,19,22). The molecular weight excluding hydrogens is 356 g/mol. The van der Waals surface area contributed by atoms with Gasteiger partial charge in [0.25, 0.3) is 0 Å². The normalized spacial score (nSPS) is 12.3. The predicted molar refractivity (Wildman–Crippen MR) is 99.9 cm³/mol. The van der Waals surface area contributed by atoms with Crippen LogP contribution in [-0.4, -0.2) is 22.7 Å². The van der Waals surface area contributed by atoms with Crippen LogP contribution in [0.2, 0.25) is 0 Å². The van der Waals surface area contributed by atoms with E-state index in [0.29, 0.717) is 12.8 Å². The summed E-state index contributed by atoms with van der Waals surface area (Å²) >= 11 is 3.20. The molecule has 0 saturated carbocycles. The molecule has 0 bridgehead atoms. The van der Waals surface area contributed by atoms with Gasteiger partial charge in [0.05, 0.1) is 5.69 Å². The Morgan fingerprint density at radius 2 is 2.20 bits per heavy atom. The molecule has 3 rings (SSSR count). The van der Waals surface area contributed by atoms with E-state index in [0.717, 1.165) is 32.3 Å². The van der Waals surface area contributed by atoms with Crippen LogP contribution < -0.4 is 5.32 Å². The third-order valence-corrected chi connectivity index (χ3v) is 5.96. The maximum Gasteiger partial charge on any atom is 0.220 e. The van der Waals surface area contributed by atoms with Crippen LogP contribution in [0.4, 0.5) is 0 Å². The van der Waals surface area contributed by atoms with Crippen molar-refractivity contribution in [2.75, 3.05) is 6.54 Å². The zero-order valence-corrected chi connectivity index (χ0v) is 15.7. The lowest BCUT2D eigenvalue weighted by Gasteiger charge is -2.10. The van der Waals surface area contributed by atoms with Gasteiger partial charge in [0.2, 0.25) is 5.91 Å². The molecule has 1 atom stereocenters. The minimum Gasteiger partial charge on any atom is -0.386 e. The molecule has 0 saturated heterocycles. The van der Waals surface area contributed by atoms with Crippen LogP contribution in [0.5, 0.6) is 0 Å². The highest BCUT2D eigenvalue weighted by atomic mass is 32.1. The molecule has 0 radical (unpaired) electrons. The number of aliphatic hydroxyl groups excluding tert-OH is 1. The van der Waals surface area contributed by atoms with Crippen LogP contribution in [0.1, 0.15) is 34.4 Å². The van der Waals surface area contributed by atoms with E-state index < -0.39 is 6.10 Å². The van der Waals surface area contributed by atoms with Crippen molar-refractivity contribution in [3.8, 4) is 10.4 Å². The van der Waals surface area contributed by atoms with Crippen LogP contribution >= 0.6 is 22.7 Å². The lowest BCUT2D eigenvalue weighted by molar-refractivity contribution is -0.121. The number of carbonyl (C=O) groups is 1. The second kappa shape index (κ2) is 7.95. The summed E-state index contributed by atoms with van der Waals surface area (Å²) in [6.07, 6.45) is 0.241. The number of hydrogen-bond donors (Lipinski definition) is 2. The molecule has 132 valence electrons. The Hall–Kier alpha value is -1.96. The highest BCUT2D eigenvalue weighted by Gasteiger charge is 2.14. The fourth-order valence-electron chi connectivity index (χ4n) is 2.59. The van der Waals surface area contributed by atoms with E-state index in [-0.39, 0.29) is 12.5 Å². The summed E-state index contributed by atoms with van der Waals surface area (Å²) in [5.41, 5.74) is 2.97. The summed E-state index contributed by atoms with van der Waals surface area (Å²) in [5.74, 6) is 0.665. The van der Waals surface area contributed by atoms with E-state index in [9.17, 15) is 9.90 Å². The van der Waals surface area contributed by atoms with Crippen molar-refractivity contribution >= 4 is 28.6 Å². The van der Waals surface area contributed by atoms with E-state index in [4.69, 9.17) is 4.52 Å². The van der Waals surface area contributed by atoms with Gasteiger partial charge in [-0.05, 0) is 49.2 Å². The van der Waals surface area contributed by atoms with Crippen LogP contribution in [0.15, 0.2) is 33.5 Å². The second-order valence-corrected chi connectivity index (χ2v) is 7.73. The average molecular weight is 377 g/mol. The molecule has 0 aliphatic heterocycles. The van der Waals surface area contributed by atoms with Crippen molar-refractivity contribution in [1.29, 1.82) is 0 Å². The molecule has 7 heteroatoms. The second-order valence-electron chi connectivity index (χ2n) is 5.84. The van der Waals surface area contributed by atoms with Crippen molar-refractivity contribution in [3.63, 3.8) is 0 Å². The molecule has 3 heterocycles. The molecule has 0 fully saturated rings. The Labute approximate surface area is 154 Å². The van der Waals surface area contributed by atoms with Gasteiger partial charge in [-0.25, -0.2) is 0 Å². The number of aryl methyl sites for hydroxylation is 2. The number of rotatable bonds is 7. The first-order valence-electron chi connectivity index (χ1n) is 8.03. The molecule has 1 unspecified atom stereocenters. The third-order valence-electron chi connectivity index (χ3n) is 4.04. The number of hydrogen-bond acceptors (Lipinski definition) is 6. The molecule has 3 aromatic rings. The molecule has 25 heavy (non-hydrogen) atoms. The summed E-state index contributed by atoms with van der Waals surface area (Å²) in [4.78, 5) is 14.0. The maximum absolute atomic E-state index is 12.0. The van der Waals surface area contributed by atoms with Crippen molar-refractivity contribution in [2.45, 2.75) is 32.8 Å². The highest BCUT2D eigenvalue weighted by Crippen LogP contribution is 2.32. The Morgan fingerprint density at radius 3 is 2.88 bits per heavy atom. The number of thiophene rings is 2. The molecule has 0 aliphatic rings. The van der Waals surface area contributed by atoms with Crippen molar-refractivity contribution in [1.82, 2.24) is 10.5 Å². The molecule has 0 aromatic carbocycles. The first kappa shape index (κ1) is 17.8. The maximum atomic E-state index is 12.0. The van der Waals surface area contributed by atoms with Gasteiger partial charge in [-0.15, -0.1) is 11.3 Å². The van der Waals surface area contributed by atoms with Crippen LogP contribution in [0, 0.1) is 13.8 Å². The summed E-state index contributed by atoms with van der Waals surface area (Å²) in [5, 5.41) is 21.1. The minimum atomic E-state index is -0.694. The Morgan fingerprint density at radius 1 is 1.36 bits per heavy atom. The minimum absolute atomic E-state index is 0.0892. The first-order chi connectivity index (χ1) is 12.0. The van der Waals surface area contributed by atoms with E-state index in [1.807, 2.05) is 31.4 Å². The SMILES string of the molecule is Cc1noc(C)c1CCC(=O)NCC(O)c1ccc(-c2ccsc2)s1. The highest BCUT2D eigenvalue weighted by molar-refractivity contribution is 7.16. The summed E-state index contributed by atoms with van der Waals surface area (Å²) in [7, 11) is 0.